The number of carbonyl (C=O) groups is 1. The number of rotatable bonds is 5. The number of imidazole rings is 1. The maximum absolute atomic E-state index is 13.5. The van der Waals surface area contributed by atoms with Gasteiger partial charge in [0.25, 0.3) is 0 Å². The van der Waals surface area contributed by atoms with Crippen molar-refractivity contribution in [3.63, 3.8) is 0 Å². The second kappa shape index (κ2) is 6.70. The Labute approximate surface area is 128 Å². The van der Waals surface area contributed by atoms with Crippen LogP contribution >= 0.6 is 0 Å². The number of halogens is 1. The smallest absolute Gasteiger partial charge is 0.243 e. The molecule has 0 unspecified atom stereocenters. The van der Waals surface area contributed by atoms with Gasteiger partial charge in [0.2, 0.25) is 5.91 Å². The molecule has 0 radical (unpaired) electrons. The molecule has 6 heteroatoms. The first-order valence-corrected chi connectivity index (χ1v) is 7.52. The summed E-state index contributed by atoms with van der Waals surface area (Å²) < 4.78 is 13.5. The Bertz CT molecular complexity index is 655. The molecule has 0 aliphatic carbocycles. The molecule has 3 N–H and O–H groups in total. The molecular formula is C16H19FN4O. The zero-order valence-electron chi connectivity index (χ0n) is 12.2. The van der Waals surface area contributed by atoms with Gasteiger partial charge in [-0.15, -0.1) is 0 Å². The first kappa shape index (κ1) is 14.7. The van der Waals surface area contributed by atoms with Crippen LogP contribution in [0.3, 0.4) is 0 Å². The number of amides is 1. The monoisotopic (exact) mass is 302 g/mol. The number of aromatic amines is 1. The van der Waals surface area contributed by atoms with Gasteiger partial charge in [0.15, 0.2) is 0 Å². The Hall–Kier alpha value is -2.21. The topological polar surface area (TPSA) is 69.8 Å². The molecule has 0 spiro atoms. The van der Waals surface area contributed by atoms with Crippen LogP contribution in [0, 0.1) is 5.82 Å². The summed E-state index contributed by atoms with van der Waals surface area (Å²) in [5.41, 5.74) is 2.48. The molecule has 0 fully saturated rings. The van der Waals surface area contributed by atoms with Crippen LogP contribution in [0.25, 0.3) is 0 Å². The minimum atomic E-state index is -0.400. The first-order chi connectivity index (χ1) is 10.8. The van der Waals surface area contributed by atoms with E-state index in [2.05, 4.69) is 20.6 Å². The Kier molecular flexibility index (Phi) is 4.48. The second-order valence-electron chi connectivity index (χ2n) is 5.39. The predicted octanol–water partition coefficient (Wildman–Crippen LogP) is 1.48. The Morgan fingerprint density at radius 3 is 3.14 bits per heavy atom. The fourth-order valence-electron chi connectivity index (χ4n) is 2.73. The van der Waals surface area contributed by atoms with Crippen molar-refractivity contribution in [1.82, 2.24) is 20.6 Å². The van der Waals surface area contributed by atoms with E-state index < -0.39 is 6.04 Å². The van der Waals surface area contributed by atoms with E-state index in [1.807, 2.05) is 6.07 Å². The van der Waals surface area contributed by atoms with E-state index in [0.29, 0.717) is 24.9 Å². The average molecular weight is 302 g/mol. The van der Waals surface area contributed by atoms with Crippen molar-refractivity contribution in [2.75, 3.05) is 13.1 Å². The molecule has 0 saturated carbocycles. The zero-order chi connectivity index (χ0) is 15.4. The van der Waals surface area contributed by atoms with E-state index >= 15 is 0 Å². The number of benzene rings is 1. The number of nitrogens with one attached hydrogen (secondary N) is 3. The Balaban J connectivity index is 1.49. The van der Waals surface area contributed by atoms with Gasteiger partial charge in [-0.05, 0) is 24.5 Å². The van der Waals surface area contributed by atoms with Crippen molar-refractivity contribution in [3.8, 4) is 0 Å². The van der Waals surface area contributed by atoms with Crippen LogP contribution in [0.15, 0.2) is 30.6 Å². The van der Waals surface area contributed by atoms with Crippen molar-refractivity contribution in [2.24, 2.45) is 0 Å². The van der Waals surface area contributed by atoms with E-state index in [-0.39, 0.29) is 11.7 Å². The number of aryl methyl sites for hydroxylation is 1. The molecule has 22 heavy (non-hydrogen) atoms. The van der Waals surface area contributed by atoms with Crippen LogP contribution in [-0.4, -0.2) is 29.0 Å². The van der Waals surface area contributed by atoms with Crippen LogP contribution in [0.5, 0.6) is 0 Å². The van der Waals surface area contributed by atoms with Gasteiger partial charge < -0.3 is 15.6 Å². The molecule has 116 valence electrons. The van der Waals surface area contributed by atoms with Gasteiger partial charge in [-0.2, -0.15) is 0 Å². The first-order valence-electron chi connectivity index (χ1n) is 7.52. The van der Waals surface area contributed by atoms with Crippen LogP contribution in [0.1, 0.15) is 29.4 Å². The fraction of sp³-hybridized carbons (Fsp3) is 0.375. The number of aromatic nitrogens is 2. The van der Waals surface area contributed by atoms with Gasteiger partial charge >= 0.3 is 0 Å². The standard InChI is InChI=1S/C16H19FN4O/c17-12-6-2-1-4-11(12)5-3-8-19-16(22)15-14-13(7-9-18-15)20-10-21-14/h1-2,4,6,10,15,18H,3,5,7-9H2,(H,19,22)(H,20,21)/t15-/m0/s1. The number of carbonyl (C=O) groups excluding carboxylic acids is 1. The van der Waals surface area contributed by atoms with E-state index in [4.69, 9.17) is 0 Å². The summed E-state index contributed by atoms with van der Waals surface area (Å²) in [6.45, 7) is 1.27. The van der Waals surface area contributed by atoms with Gasteiger partial charge in [-0.3, -0.25) is 4.79 Å². The normalized spacial score (nSPS) is 17.0. The van der Waals surface area contributed by atoms with Gasteiger partial charge in [0.05, 0.1) is 12.0 Å². The molecule has 1 aromatic heterocycles. The minimum Gasteiger partial charge on any atom is -0.354 e. The Morgan fingerprint density at radius 2 is 2.27 bits per heavy atom. The number of hydrogen-bond acceptors (Lipinski definition) is 3. The highest BCUT2D eigenvalue weighted by molar-refractivity contribution is 5.83. The molecule has 5 nitrogen and oxygen atoms in total. The van der Waals surface area contributed by atoms with E-state index in [1.54, 1.807) is 18.5 Å². The molecule has 1 aliphatic heterocycles. The lowest BCUT2D eigenvalue weighted by Crippen LogP contribution is -2.41. The van der Waals surface area contributed by atoms with Crippen molar-refractivity contribution in [3.05, 3.63) is 53.4 Å². The van der Waals surface area contributed by atoms with Crippen molar-refractivity contribution >= 4 is 5.91 Å². The van der Waals surface area contributed by atoms with Crippen molar-refractivity contribution < 1.29 is 9.18 Å². The summed E-state index contributed by atoms with van der Waals surface area (Å²) >= 11 is 0. The highest BCUT2D eigenvalue weighted by Crippen LogP contribution is 2.19. The maximum Gasteiger partial charge on any atom is 0.243 e. The fourth-order valence-corrected chi connectivity index (χ4v) is 2.73. The quantitative estimate of drug-likeness (QED) is 0.733. The number of H-pyrrole nitrogens is 1. The molecule has 2 heterocycles. The van der Waals surface area contributed by atoms with E-state index in [9.17, 15) is 9.18 Å². The molecule has 1 aliphatic rings. The summed E-state index contributed by atoms with van der Waals surface area (Å²) in [7, 11) is 0. The number of nitrogens with zero attached hydrogens (tertiary/aromatic N) is 1. The molecule has 0 bridgehead atoms. The van der Waals surface area contributed by atoms with Crippen molar-refractivity contribution in [2.45, 2.75) is 25.3 Å². The van der Waals surface area contributed by atoms with Crippen LogP contribution in [0.2, 0.25) is 0 Å². The lowest BCUT2D eigenvalue weighted by Gasteiger charge is -2.22. The maximum atomic E-state index is 13.5. The Morgan fingerprint density at radius 1 is 1.41 bits per heavy atom. The lowest BCUT2D eigenvalue weighted by molar-refractivity contribution is -0.123. The molecule has 0 saturated heterocycles. The number of hydrogen-bond donors (Lipinski definition) is 3. The highest BCUT2D eigenvalue weighted by Gasteiger charge is 2.27. The molecule has 3 rings (SSSR count). The van der Waals surface area contributed by atoms with Gasteiger partial charge in [-0.1, -0.05) is 18.2 Å². The number of fused-ring (bicyclic) bond motifs is 1. The van der Waals surface area contributed by atoms with E-state index in [1.165, 1.54) is 6.07 Å². The second-order valence-corrected chi connectivity index (χ2v) is 5.39. The molecule has 1 amide bonds. The van der Waals surface area contributed by atoms with Crippen LogP contribution in [-0.2, 0) is 17.6 Å². The highest BCUT2D eigenvalue weighted by atomic mass is 19.1. The van der Waals surface area contributed by atoms with Gasteiger partial charge in [0, 0.05) is 25.2 Å². The average Bonchev–Trinajstić information content (AvgIpc) is 3.01. The zero-order valence-corrected chi connectivity index (χ0v) is 12.2. The largest absolute Gasteiger partial charge is 0.354 e. The minimum absolute atomic E-state index is 0.0819. The summed E-state index contributed by atoms with van der Waals surface area (Å²) in [4.78, 5) is 19.5. The lowest BCUT2D eigenvalue weighted by atomic mass is 10.0. The molecule has 1 atom stereocenters. The third-order valence-electron chi connectivity index (χ3n) is 3.89. The summed E-state index contributed by atoms with van der Waals surface area (Å²) in [5.74, 6) is -0.273. The summed E-state index contributed by atoms with van der Waals surface area (Å²) in [5, 5.41) is 6.07. The van der Waals surface area contributed by atoms with Crippen LogP contribution in [0.4, 0.5) is 4.39 Å². The summed E-state index contributed by atoms with van der Waals surface area (Å²) in [6.07, 6.45) is 3.79. The molecule has 1 aromatic carbocycles. The van der Waals surface area contributed by atoms with Gasteiger partial charge in [-0.25, -0.2) is 9.37 Å². The summed E-state index contributed by atoms with van der Waals surface area (Å²) in [6, 6.07) is 6.33. The molecule has 2 aromatic rings. The third kappa shape index (κ3) is 3.17. The molecular weight excluding hydrogens is 283 g/mol. The predicted molar refractivity (Wildman–Crippen MR) is 80.8 cm³/mol. The van der Waals surface area contributed by atoms with Crippen molar-refractivity contribution in [1.29, 1.82) is 0 Å². The van der Waals surface area contributed by atoms with E-state index in [0.717, 1.165) is 24.4 Å². The SMILES string of the molecule is O=C(NCCCc1ccccc1F)[C@H]1NCCc2[nH]cnc21. The van der Waals surface area contributed by atoms with Gasteiger partial charge in [0.1, 0.15) is 11.9 Å². The van der Waals surface area contributed by atoms with Crippen LogP contribution < -0.4 is 10.6 Å². The third-order valence-corrected chi connectivity index (χ3v) is 3.89.